The molecule has 2 aromatic carbocycles. The number of nitrogens with one attached hydrogen (secondary N) is 1. The van der Waals surface area contributed by atoms with E-state index in [0.29, 0.717) is 13.0 Å². The minimum Gasteiger partial charge on any atom is -0.497 e. The molecule has 0 atom stereocenters. The van der Waals surface area contributed by atoms with Crippen molar-refractivity contribution in [1.29, 1.82) is 0 Å². The summed E-state index contributed by atoms with van der Waals surface area (Å²) in [5.74, 6) is 2.05. The van der Waals surface area contributed by atoms with Gasteiger partial charge in [0.05, 0.1) is 7.11 Å². The fourth-order valence-electron chi connectivity index (χ4n) is 4.48. The fourth-order valence-corrected chi connectivity index (χ4v) is 4.48. The molecule has 176 valence electrons. The summed E-state index contributed by atoms with van der Waals surface area (Å²) in [6, 6.07) is 16.6. The first kappa shape index (κ1) is 23.0. The SMILES string of the molecule is CCNC(=NCCCC(=O)N1Cc2ccccc2C1)N1CCN(c2ccc(OC)cc2)CC1. The molecular formula is C26H35N5O2. The molecule has 1 N–H and O–H groups in total. The summed E-state index contributed by atoms with van der Waals surface area (Å²) in [6.07, 6.45) is 1.31. The number of rotatable bonds is 7. The maximum Gasteiger partial charge on any atom is 0.223 e. The highest BCUT2D eigenvalue weighted by atomic mass is 16.5. The highest BCUT2D eigenvalue weighted by Crippen LogP contribution is 2.23. The van der Waals surface area contributed by atoms with Gasteiger partial charge < -0.3 is 24.8 Å². The first-order valence-corrected chi connectivity index (χ1v) is 11.9. The zero-order valence-corrected chi connectivity index (χ0v) is 19.8. The quantitative estimate of drug-likeness (QED) is 0.400. The standard InChI is InChI=1S/C26H35N5O2/c1-3-27-26(30-17-15-29(16-18-30)23-10-12-24(33-2)13-11-23)28-14-6-9-25(32)31-19-21-7-4-5-8-22(21)20-31/h4-5,7-8,10-13H,3,6,9,14-20H2,1-2H3,(H,27,28). The summed E-state index contributed by atoms with van der Waals surface area (Å²) in [5.41, 5.74) is 3.76. The number of hydrogen-bond acceptors (Lipinski definition) is 4. The van der Waals surface area contributed by atoms with Crippen LogP contribution in [0.1, 0.15) is 30.9 Å². The van der Waals surface area contributed by atoms with Gasteiger partial charge in [-0.1, -0.05) is 24.3 Å². The van der Waals surface area contributed by atoms with Crippen LogP contribution in [0.2, 0.25) is 0 Å². The Labute approximate surface area is 197 Å². The van der Waals surface area contributed by atoms with Gasteiger partial charge in [0.1, 0.15) is 5.75 Å². The van der Waals surface area contributed by atoms with Crippen LogP contribution in [0.25, 0.3) is 0 Å². The van der Waals surface area contributed by atoms with Crippen LogP contribution in [-0.2, 0) is 17.9 Å². The third-order valence-corrected chi connectivity index (χ3v) is 6.36. The zero-order valence-electron chi connectivity index (χ0n) is 19.8. The average molecular weight is 450 g/mol. The molecule has 1 fully saturated rings. The number of carbonyl (C=O) groups excluding carboxylic acids is 1. The van der Waals surface area contributed by atoms with Crippen molar-refractivity contribution in [1.82, 2.24) is 15.1 Å². The molecular weight excluding hydrogens is 414 g/mol. The van der Waals surface area contributed by atoms with Crippen LogP contribution in [0.15, 0.2) is 53.5 Å². The van der Waals surface area contributed by atoms with Crippen LogP contribution in [0.3, 0.4) is 0 Å². The van der Waals surface area contributed by atoms with Crippen LogP contribution in [0.4, 0.5) is 5.69 Å². The number of methoxy groups -OCH3 is 1. The molecule has 0 saturated carbocycles. The van der Waals surface area contributed by atoms with Crippen LogP contribution in [0.5, 0.6) is 5.75 Å². The second-order valence-electron chi connectivity index (χ2n) is 8.53. The van der Waals surface area contributed by atoms with Gasteiger partial charge in [-0.15, -0.1) is 0 Å². The molecule has 4 rings (SSSR count). The largest absolute Gasteiger partial charge is 0.497 e. The fraction of sp³-hybridized carbons (Fsp3) is 0.462. The van der Waals surface area contributed by atoms with Gasteiger partial charge in [0.25, 0.3) is 0 Å². The highest BCUT2D eigenvalue weighted by Gasteiger charge is 2.23. The lowest BCUT2D eigenvalue weighted by molar-refractivity contribution is -0.131. The van der Waals surface area contributed by atoms with Crippen molar-refractivity contribution >= 4 is 17.6 Å². The van der Waals surface area contributed by atoms with Gasteiger partial charge in [0.2, 0.25) is 5.91 Å². The van der Waals surface area contributed by atoms with Gasteiger partial charge in [-0.3, -0.25) is 9.79 Å². The lowest BCUT2D eigenvalue weighted by Gasteiger charge is -2.37. The minimum absolute atomic E-state index is 0.222. The number of carbonyl (C=O) groups is 1. The van der Waals surface area contributed by atoms with Crippen LogP contribution in [0, 0.1) is 0 Å². The molecule has 2 aliphatic rings. The summed E-state index contributed by atoms with van der Waals surface area (Å²) in [4.78, 5) is 24.1. The van der Waals surface area contributed by atoms with Crippen LogP contribution in [-0.4, -0.2) is 68.0 Å². The average Bonchev–Trinajstić information content (AvgIpc) is 3.30. The Hall–Kier alpha value is -3.22. The topological polar surface area (TPSA) is 60.4 Å². The number of amides is 1. The molecule has 0 radical (unpaired) electrons. The van der Waals surface area contributed by atoms with Gasteiger partial charge in [0.15, 0.2) is 5.96 Å². The van der Waals surface area contributed by atoms with Crippen molar-refractivity contribution in [3.8, 4) is 5.75 Å². The predicted molar refractivity (Wildman–Crippen MR) is 133 cm³/mol. The summed E-state index contributed by atoms with van der Waals surface area (Å²) in [6.45, 7) is 8.80. The summed E-state index contributed by atoms with van der Waals surface area (Å²) in [7, 11) is 1.69. The molecule has 33 heavy (non-hydrogen) atoms. The lowest BCUT2D eigenvalue weighted by Crippen LogP contribution is -2.52. The molecule has 0 spiro atoms. The number of piperazine rings is 1. The number of aliphatic imine (C=N–C) groups is 1. The number of hydrogen-bond donors (Lipinski definition) is 1. The van der Waals surface area contributed by atoms with E-state index in [1.54, 1.807) is 7.11 Å². The van der Waals surface area contributed by atoms with Gasteiger partial charge in [-0.2, -0.15) is 0 Å². The van der Waals surface area contributed by atoms with Crippen molar-refractivity contribution in [3.63, 3.8) is 0 Å². The molecule has 0 bridgehead atoms. The predicted octanol–water partition coefficient (Wildman–Crippen LogP) is 3.11. The second-order valence-corrected chi connectivity index (χ2v) is 8.53. The van der Waals surface area contributed by atoms with E-state index in [-0.39, 0.29) is 5.91 Å². The Kier molecular flexibility index (Phi) is 7.70. The number of fused-ring (bicyclic) bond motifs is 1. The maximum absolute atomic E-state index is 12.6. The van der Waals surface area contributed by atoms with E-state index in [1.165, 1.54) is 16.8 Å². The first-order valence-electron chi connectivity index (χ1n) is 11.9. The number of benzene rings is 2. The molecule has 7 heteroatoms. The monoisotopic (exact) mass is 449 g/mol. The van der Waals surface area contributed by atoms with Gasteiger partial charge in [0, 0.05) is 64.5 Å². The molecule has 0 unspecified atom stereocenters. The minimum atomic E-state index is 0.222. The summed E-state index contributed by atoms with van der Waals surface area (Å²) >= 11 is 0. The van der Waals surface area contributed by atoms with E-state index in [2.05, 4.69) is 46.3 Å². The van der Waals surface area contributed by atoms with Gasteiger partial charge in [-0.25, -0.2) is 0 Å². The van der Waals surface area contributed by atoms with Crippen molar-refractivity contribution in [2.75, 3.05) is 51.3 Å². The third-order valence-electron chi connectivity index (χ3n) is 6.36. The van der Waals surface area contributed by atoms with Gasteiger partial charge >= 0.3 is 0 Å². The van der Waals surface area contributed by atoms with Crippen molar-refractivity contribution < 1.29 is 9.53 Å². The molecule has 1 saturated heterocycles. The van der Waals surface area contributed by atoms with Crippen molar-refractivity contribution in [2.24, 2.45) is 4.99 Å². The van der Waals surface area contributed by atoms with E-state index >= 15 is 0 Å². The summed E-state index contributed by atoms with van der Waals surface area (Å²) in [5, 5.41) is 3.42. The Morgan fingerprint density at radius 3 is 2.24 bits per heavy atom. The Balaban J connectivity index is 1.23. The van der Waals surface area contributed by atoms with E-state index in [0.717, 1.165) is 63.9 Å². The molecule has 0 aliphatic carbocycles. The first-order chi connectivity index (χ1) is 16.2. The second kappa shape index (κ2) is 11.1. The van der Waals surface area contributed by atoms with Crippen LogP contribution < -0.4 is 15.0 Å². The third kappa shape index (κ3) is 5.78. The van der Waals surface area contributed by atoms with Gasteiger partial charge in [-0.05, 0) is 48.7 Å². The number of nitrogens with zero attached hydrogens (tertiary/aromatic N) is 4. The Bertz CT molecular complexity index is 926. The number of ether oxygens (including phenoxy) is 1. The molecule has 2 aliphatic heterocycles. The molecule has 1 amide bonds. The zero-order chi connectivity index (χ0) is 23.0. The smallest absolute Gasteiger partial charge is 0.223 e. The Morgan fingerprint density at radius 1 is 0.970 bits per heavy atom. The van der Waals surface area contributed by atoms with Crippen molar-refractivity contribution in [3.05, 3.63) is 59.7 Å². The molecule has 2 heterocycles. The normalized spacial score (nSPS) is 16.1. The Morgan fingerprint density at radius 2 is 1.64 bits per heavy atom. The molecule has 7 nitrogen and oxygen atoms in total. The van der Waals surface area contributed by atoms with Crippen LogP contribution >= 0.6 is 0 Å². The molecule has 0 aromatic heterocycles. The molecule has 2 aromatic rings. The van der Waals surface area contributed by atoms with E-state index in [4.69, 9.17) is 9.73 Å². The summed E-state index contributed by atoms with van der Waals surface area (Å²) < 4.78 is 5.26. The van der Waals surface area contributed by atoms with E-state index in [9.17, 15) is 4.79 Å². The highest BCUT2D eigenvalue weighted by molar-refractivity contribution is 5.80. The van der Waals surface area contributed by atoms with E-state index < -0.39 is 0 Å². The lowest BCUT2D eigenvalue weighted by atomic mass is 10.1. The van der Waals surface area contributed by atoms with E-state index in [1.807, 2.05) is 29.2 Å². The number of guanidine groups is 1. The maximum atomic E-state index is 12.6. The number of anilines is 1. The van der Waals surface area contributed by atoms with Crippen molar-refractivity contribution in [2.45, 2.75) is 32.9 Å².